The number of aryl methyl sites for hydroxylation is 1. The van der Waals surface area contributed by atoms with Gasteiger partial charge in [0, 0.05) is 10.6 Å². The van der Waals surface area contributed by atoms with Crippen molar-refractivity contribution < 1.29 is 12.7 Å². The predicted octanol–water partition coefficient (Wildman–Crippen LogP) is 3.40. The van der Waals surface area contributed by atoms with Crippen LogP contribution in [0.15, 0.2) is 58.6 Å². The summed E-state index contributed by atoms with van der Waals surface area (Å²) in [5, 5.41) is 4.29. The fourth-order valence-electron chi connectivity index (χ4n) is 2.24. The number of hydrogen-bond donors (Lipinski definition) is 0. The molecule has 0 aliphatic heterocycles. The van der Waals surface area contributed by atoms with Gasteiger partial charge in [0.1, 0.15) is 4.90 Å². The Hall–Kier alpha value is -1.85. The molecule has 0 saturated heterocycles. The Labute approximate surface area is 128 Å². The highest BCUT2D eigenvalue weighted by atomic mass is 35.5. The van der Waals surface area contributed by atoms with Crippen molar-refractivity contribution >= 4 is 27.4 Å². The molecule has 0 amide bonds. The Balaban J connectivity index is 1.85. The van der Waals surface area contributed by atoms with E-state index in [1.807, 2.05) is 24.3 Å². The van der Waals surface area contributed by atoms with Crippen LogP contribution in [0.25, 0.3) is 0 Å². The largest absolute Gasteiger partial charge is 0.358 e. The second-order valence-electron chi connectivity index (χ2n) is 4.68. The summed E-state index contributed by atoms with van der Waals surface area (Å²) < 4.78 is 28.9. The van der Waals surface area contributed by atoms with Crippen LogP contribution in [-0.2, 0) is 20.8 Å². The van der Waals surface area contributed by atoms with Gasteiger partial charge < -0.3 is 0 Å². The van der Waals surface area contributed by atoms with E-state index in [0.717, 1.165) is 17.5 Å². The average molecular weight is 322 g/mol. The summed E-state index contributed by atoms with van der Waals surface area (Å²) in [7, 11) is -3.91. The zero-order chi connectivity index (χ0) is 14.9. The molecule has 0 spiro atoms. The van der Waals surface area contributed by atoms with E-state index in [4.69, 9.17) is 15.9 Å². The monoisotopic (exact) mass is 321 g/mol. The van der Waals surface area contributed by atoms with Gasteiger partial charge in [-0.25, -0.2) is 0 Å². The molecule has 4 nitrogen and oxygen atoms in total. The molecule has 0 unspecified atom stereocenters. The van der Waals surface area contributed by atoms with Crippen LogP contribution >= 0.6 is 11.6 Å². The van der Waals surface area contributed by atoms with E-state index in [-0.39, 0.29) is 4.90 Å². The van der Waals surface area contributed by atoms with E-state index in [0.29, 0.717) is 17.2 Å². The van der Waals surface area contributed by atoms with Gasteiger partial charge in [-0.1, -0.05) is 41.0 Å². The van der Waals surface area contributed by atoms with Crippen molar-refractivity contribution in [3.05, 3.63) is 64.7 Å². The Bertz CT molecular complexity index is 798. The van der Waals surface area contributed by atoms with Crippen molar-refractivity contribution in [2.45, 2.75) is 17.7 Å². The highest BCUT2D eigenvalue weighted by Gasteiger charge is 2.20. The quantitative estimate of drug-likeness (QED) is 0.814. The third kappa shape index (κ3) is 2.94. The lowest BCUT2D eigenvalue weighted by Gasteiger charge is -2.03. The highest BCUT2D eigenvalue weighted by molar-refractivity contribution is 7.86. The van der Waals surface area contributed by atoms with Crippen molar-refractivity contribution in [2.75, 3.05) is 0 Å². The first-order chi connectivity index (χ1) is 10.1. The van der Waals surface area contributed by atoms with Crippen LogP contribution in [0.3, 0.4) is 0 Å². The first-order valence-corrected chi connectivity index (χ1v) is 8.19. The van der Waals surface area contributed by atoms with Crippen LogP contribution < -0.4 is 0 Å². The summed E-state index contributed by atoms with van der Waals surface area (Å²) in [6.07, 6.45) is 1.52. The SMILES string of the molecule is O=S(=O)(O/N=C1/CCc2ccccc21)c1ccc(Cl)cc1. The van der Waals surface area contributed by atoms with Crippen LogP contribution in [0.5, 0.6) is 0 Å². The van der Waals surface area contributed by atoms with Crippen LogP contribution in [0.1, 0.15) is 17.5 Å². The van der Waals surface area contributed by atoms with Crippen LogP contribution in [-0.4, -0.2) is 14.1 Å². The molecule has 2 aromatic rings. The van der Waals surface area contributed by atoms with Crippen molar-refractivity contribution in [2.24, 2.45) is 5.16 Å². The third-order valence-corrected chi connectivity index (χ3v) is 4.68. The van der Waals surface area contributed by atoms with E-state index in [9.17, 15) is 8.42 Å². The molecule has 21 heavy (non-hydrogen) atoms. The molecular weight excluding hydrogens is 310 g/mol. The van der Waals surface area contributed by atoms with E-state index in [1.165, 1.54) is 24.3 Å². The minimum absolute atomic E-state index is 0.0301. The maximum atomic E-state index is 12.0. The summed E-state index contributed by atoms with van der Waals surface area (Å²) in [6.45, 7) is 0. The lowest BCUT2D eigenvalue weighted by Crippen LogP contribution is -2.05. The lowest BCUT2D eigenvalue weighted by atomic mass is 10.1. The normalized spacial score (nSPS) is 16.0. The van der Waals surface area contributed by atoms with Gasteiger partial charge in [-0.05, 0) is 42.7 Å². The van der Waals surface area contributed by atoms with E-state index in [2.05, 4.69) is 5.16 Å². The summed E-state index contributed by atoms with van der Waals surface area (Å²) in [6, 6.07) is 13.5. The van der Waals surface area contributed by atoms with Crippen molar-refractivity contribution in [1.82, 2.24) is 0 Å². The first kappa shape index (κ1) is 14.1. The topological polar surface area (TPSA) is 55.7 Å². The van der Waals surface area contributed by atoms with E-state index < -0.39 is 10.1 Å². The molecule has 0 radical (unpaired) electrons. The number of hydrogen-bond acceptors (Lipinski definition) is 4. The minimum Gasteiger partial charge on any atom is -0.264 e. The first-order valence-electron chi connectivity index (χ1n) is 6.41. The summed E-state index contributed by atoms with van der Waals surface area (Å²) in [4.78, 5) is 0.0301. The van der Waals surface area contributed by atoms with Gasteiger partial charge in [-0.3, -0.25) is 4.28 Å². The van der Waals surface area contributed by atoms with Crippen LogP contribution in [0.4, 0.5) is 0 Å². The van der Waals surface area contributed by atoms with Gasteiger partial charge in [0.05, 0.1) is 5.71 Å². The second kappa shape index (κ2) is 5.50. The van der Waals surface area contributed by atoms with Crippen LogP contribution in [0, 0.1) is 0 Å². The molecule has 0 N–H and O–H groups in total. The summed E-state index contributed by atoms with van der Waals surface area (Å²) in [5.74, 6) is 0. The molecule has 6 heteroatoms. The Morgan fingerprint density at radius 2 is 1.71 bits per heavy atom. The number of rotatable bonds is 3. The second-order valence-corrected chi connectivity index (χ2v) is 6.64. The van der Waals surface area contributed by atoms with E-state index in [1.54, 1.807) is 0 Å². The molecular formula is C15H12ClNO3S. The Kier molecular flexibility index (Phi) is 3.69. The third-order valence-electron chi connectivity index (χ3n) is 3.31. The smallest absolute Gasteiger partial charge is 0.264 e. The van der Waals surface area contributed by atoms with Crippen molar-refractivity contribution in [1.29, 1.82) is 0 Å². The molecule has 0 atom stereocenters. The molecule has 0 aromatic heterocycles. The predicted molar refractivity (Wildman–Crippen MR) is 81.0 cm³/mol. The van der Waals surface area contributed by atoms with Gasteiger partial charge in [-0.2, -0.15) is 8.42 Å². The number of halogens is 1. The van der Waals surface area contributed by atoms with Gasteiger partial charge in [0.15, 0.2) is 0 Å². The maximum Gasteiger partial charge on any atom is 0.358 e. The number of nitrogens with zero attached hydrogens (tertiary/aromatic N) is 1. The summed E-state index contributed by atoms with van der Waals surface area (Å²) >= 11 is 5.74. The average Bonchev–Trinajstić information content (AvgIpc) is 2.89. The minimum atomic E-state index is -3.91. The van der Waals surface area contributed by atoms with Gasteiger partial charge >= 0.3 is 10.1 Å². The van der Waals surface area contributed by atoms with Gasteiger partial charge in [-0.15, -0.1) is 0 Å². The van der Waals surface area contributed by atoms with E-state index >= 15 is 0 Å². The number of oxime groups is 1. The summed E-state index contributed by atoms with van der Waals surface area (Å²) in [5.41, 5.74) is 2.76. The highest BCUT2D eigenvalue weighted by Crippen LogP contribution is 2.23. The molecule has 0 fully saturated rings. The standard InChI is InChI=1S/C15H12ClNO3S/c16-12-6-8-13(9-7-12)21(18,19)20-17-15-10-5-11-3-1-2-4-14(11)15/h1-4,6-9H,5,10H2/b17-15-. The maximum absolute atomic E-state index is 12.0. The fourth-order valence-corrected chi connectivity index (χ4v) is 3.11. The molecule has 2 aromatic carbocycles. The molecule has 0 bridgehead atoms. The molecule has 0 heterocycles. The molecule has 1 aliphatic rings. The molecule has 108 valence electrons. The van der Waals surface area contributed by atoms with Gasteiger partial charge in [0.2, 0.25) is 0 Å². The lowest BCUT2D eigenvalue weighted by molar-refractivity contribution is 0.338. The van der Waals surface area contributed by atoms with Crippen LogP contribution in [0.2, 0.25) is 5.02 Å². The van der Waals surface area contributed by atoms with Crippen molar-refractivity contribution in [3.8, 4) is 0 Å². The molecule has 3 rings (SSSR count). The zero-order valence-corrected chi connectivity index (χ0v) is 12.6. The van der Waals surface area contributed by atoms with Crippen molar-refractivity contribution in [3.63, 3.8) is 0 Å². The number of benzene rings is 2. The molecule has 1 aliphatic carbocycles. The zero-order valence-electron chi connectivity index (χ0n) is 11.0. The molecule has 0 saturated carbocycles. The van der Waals surface area contributed by atoms with Gasteiger partial charge in [0.25, 0.3) is 0 Å². The number of fused-ring (bicyclic) bond motifs is 1. The Morgan fingerprint density at radius 3 is 2.48 bits per heavy atom. The Morgan fingerprint density at radius 1 is 1.00 bits per heavy atom. The fraction of sp³-hybridized carbons (Fsp3) is 0.133.